The van der Waals surface area contributed by atoms with Crippen molar-refractivity contribution in [2.45, 2.75) is 31.4 Å². The van der Waals surface area contributed by atoms with Gasteiger partial charge in [0.1, 0.15) is 0 Å². The van der Waals surface area contributed by atoms with E-state index >= 15 is 0 Å². The molecule has 3 N–H and O–H groups in total. The number of hydrogen-bond acceptors (Lipinski definition) is 3. The van der Waals surface area contributed by atoms with E-state index in [0.29, 0.717) is 6.54 Å². The Kier molecular flexibility index (Phi) is 4.98. The number of ether oxygens (including phenoxy) is 1. The summed E-state index contributed by atoms with van der Waals surface area (Å²) < 4.78 is 5.61. The maximum atomic E-state index is 11.9. The van der Waals surface area contributed by atoms with Crippen LogP contribution in [0.2, 0.25) is 0 Å². The second kappa shape index (κ2) is 6.72. The minimum Gasteiger partial charge on any atom is -0.394 e. The van der Waals surface area contributed by atoms with Crippen LogP contribution < -0.4 is 10.6 Å². The number of carbonyl (C=O) groups excluding carboxylic acids is 1. The molecule has 5 heteroatoms. The van der Waals surface area contributed by atoms with Crippen molar-refractivity contribution in [1.82, 2.24) is 10.6 Å². The van der Waals surface area contributed by atoms with Crippen LogP contribution in [0.5, 0.6) is 0 Å². The summed E-state index contributed by atoms with van der Waals surface area (Å²) >= 11 is 0. The number of nitrogens with one attached hydrogen (secondary N) is 2. The van der Waals surface area contributed by atoms with E-state index in [-0.39, 0.29) is 18.2 Å². The van der Waals surface area contributed by atoms with Gasteiger partial charge in [-0.1, -0.05) is 30.3 Å². The highest BCUT2D eigenvalue weighted by Crippen LogP contribution is 2.23. The fourth-order valence-electron chi connectivity index (χ4n) is 2.37. The van der Waals surface area contributed by atoms with E-state index < -0.39 is 6.04 Å². The molecule has 1 fully saturated rings. The van der Waals surface area contributed by atoms with Gasteiger partial charge in [0.25, 0.3) is 0 Å². The molecule has 1 aliphatic rings. The first kappa shape index (κ1) is 14.8. The van der Waals surface area contributed by atoms with Gasteiger partial charge in [-0.15, -0.1) is 0 Å². The third kappa shape index (κ3) is 3.95. The highest BCUT2D eigenvalue weighted by atomic mass is 16.5. The van der Waals surface area contributed by atoms with Crippen molar-refractivity contribution < 1.29 is 14.6 Å². The van der Waals surface area contributed by atoms with E-state index in [2.05, 4.69) is 10.6 Å². The lowest BCUT2D eigenvalue weighted by Crippen LogP contribution is -2.46. The van der Waals surface area contributed by atoms with Crippen LogP contribution in [0.3, 0.4) is 0 Å². The Morgan fingerprint density at radius 1 is 1.45 bits per heavy atom. The summed E-state index contributed by atoms with van der Waals surface area (Å²) in [4.78, 5) is 11.9. The number of carbonyl (C=O) groups is 1. The van der Waals surface area contributed by atoms with Crippen molar-refractivity contribution in [1.29, 1.82) is 0 Å². The number of benzene rings is 1. The van der Waals surface area contributed by atoms with Crippen LogP contribution in [0, 0.1) is 0 Å². The van der Waals surface area contributed by atoms with Crippen LogP contribution in [-0.4, -0.2) is 36.5 Å². The van der Waals surface area contributed by atoms with Crippen LogP contribution in [0.4, 0.5) is 4.79 Å². The van der Waals surface area contributed by atoms with E-state index in [1.54, 1.807) is 0 Å². The average Bonchev–Trinajstić information content (AvgIpc) is 2.91. The summed E-state index contributed by atoms with van der Waals surface area (Å²) in [7, 11) is 0. The first-order valence-electron chi connectivity index (χ1n) is 6.97. The Balaban J connectivity index is 1.83. The van der Waals surface area contributed by atoms with Crippen LogP contribution >= 0.6 is 0 Å². The van der Waals surface area contributed by atoms with Gasteiger partial charge in [0.2, 0.25) is 0 Å². The van der Waals surface area contributed by atoms with Gasteiger partial charge in [-0.2, -0.15) is 0 Å². The summed E-state index contributed by atoms with van der Waals surface area (Å²) in [5.41, 5.74) is 0.618. The van der Waals surface area contributed by atoms with Crippen LogP contribution in [0.1, 0.15) is 31.4 Å². The molecule has 2 atom stereocenters. The lowest BCUT2D eigenvalue weighted by Gasteiger charge is -2.24. The smallest absolute Gasteiger partial charge is 0.315 e. The van der Waals surface area contributed by atoms with Gasteiger partial charge >= 0.3 is 6.03 Å². The molecule has 0 aliphatic carbocycles. The molecule has 1 heterocycles. The molecule has 0 bridgehead atoms. The number of hydrogen-bond donors (Lipinski definition) is 3. The van der Waals surface area contributed by atoms with Gasteiger partial charge < -0.3 is 20.5 Å². The molecule has 1 aliphatic heterocycles. The molecule has 0 aromatic heterocycles. The summed E-state index contributed by atoms with van der Waals surface area (Å²) in [6, 6.07) is 8.73. The number of aliphatic hydroxyl groups is 1. The molecule has 0 saturated carbocycles. The van der Waals surface area contributed by atoms with Crippen LogP contribution in [-0.2, 0) is 4.74 Å². The Morgan fingerprint density at radius 3 is 2.80 bits per heavy atom. The molecule has 110 valence electrons. The van der Waals surface area contributed by atoms with Gasteiger partial charge in [-0.25, -0.2) is 4.79 Å². The van der Waals surface area contributed by atoms with Gasteiger partial charge in [0.15, 0.2) is 0 Å². The lowest BCUT2D eigenvalue weighted by atomic mass is 10.0. The standard InChI is InChI=1S/C15H22N2O3/c1-15(8-5-9-20-15)11-16-14(19)17-13(10-18)12-6-3-2-4-7-12/h2-4,6-7,13,18H,5,8-11H2,1H3,(H2,16,17,19). The van der Waals surface area contributed by atoms with E-state index in [0.717, 1.165) is 25.0 Å². The third-order valence-electron chi connectivity index (χ3n) is 3.61. The quantitative estimate of drug-likeness (QED) is 0.766. The van der Waals surface area contributed by atoms with Crippen molar-refractivity contribution in [3.8, 4) is 0 Å². The molecular weight excluding hydrogens is 256 g/mol. The predicted molar refractivity (Wildman–Crippen MR) is 76.4 cm³/mol. The zero-order valence-electron chi connectivity index (χ0n) is 11.8. The number of urea groups is 1. The summed E-state index contributed by atoms with van der Waals surface area (Å²) in [6.07, 6.45) is 1.98. The minimum atomic E-state index is -0.395. The Morgan fingerprint density at radius 2 is 2.20 bits per heavy atom. The SMILES string of the molecule is CC1(CNC(=O)NC(CO)c2ccccc2)CCCO1. The minimum absolute atomic E-state index is 0.134. The third-order valence-corrected chi connectivity index (χ3v) is 3.61. The zero-order chi connectivity index (χ0) is 14.4. The van der Waals surface area contributed by atoms with Crippen molar-refractivity contribution in [3.05, 3.63) is 35.9 Å². The molecule has 1 saturated heterocycles. The summed E-state index contributed by atoms with van der Waals surface area (Å²) in [6.45, 7) is 3.10. The molecule has 2 unspecified atom stereocenters. The van der Waals surface area contributed by atoms with Crippen LogP contribution in [0.25, 0.3) is 0 Å². The van der Waals surface area contributed by atoms with Crippen molar-refractivity contribution in [2.24, 2.45) is 0 Å². The second-order valence-electron chi connectivity index (χ2n) is 5.37. The van der Waals surface area contributed by atoms with Gasteiger partial charge in [-0.3, -0.25) is 0 Å². The maximum absolute atomic E-state index is 11.9. The first-order valence-corrected chi connectivity index (χ1v) is 6.97. The predicted octanol–water partition coefficient (Wildman–Crippen LogP) is 1.59. The largest absolute Gasteiger partial charge is 0.394 e. The fraction of sp³-hybridized carbons (Fsp3) is 0.533. The summed E-state index contributed by atoms with van der Waals surface area (Å²) in [5, 5.41) is 15.0. The molecule has 5 nitrogen and oxygen atoms in total. The number of rotatable bonds is 5. The highest BCUT2D eigenvalue weighted by molar-refractivity contribution is 5.74. The van der Waals surface area contributed by atoms with E-state index in [1.165, 1.54) is 0 Å². The molecule has 0 radical (unpaired) electrons. The molecule has 1 aromatic rings. The first-order chi connectivity index (χ1) is 9.63. The van der Waals surface area contributed by atoms with Crippen LogP contribution in [0.15, 0.2) is 30.3 Å². The normalized spacial score (nSPS) is 23.3. The van der Waals surface area contributed by atoms with Gasteiger partial charge in [0, 0.05) is 13.2 Å². The lowest BCUT2D eigenvalue weighted by molar-refractivity contribution is 0.0228. The molecule has 2 amide bonds. The number of amides is 2. The highest BCUT2D eigenvalue weighted by Gasteiger charge is 2.30. The van der Waals surface area contributed by atoms with E-state index in [9.17, 15) is 9.90 Å². The monoisotopic (exact) mass is 278 g/mol. The van der Waals surface area contributed by atoms with Crippen molar-refractivity contribution in [3.63, 3.8) is 0 Å². The topological polar surface area (TPSA) is 70.6 Å². The Hall–Kier alpha value is -1.59. The molecule has 0 spiro atoms. The molecule has 2 rings (SSSR count). The Labute approximate surface area is 119 Å². The Bertz CT molecular complexity index is 430. The van der Waals surface area contributed by atoms with E-state index in [1.807, 2.05) is 37.3 Å². The molecule has 20 heavy (non-hydrogen) atoms. The molecule has 1 aromatic carbocycles. The van der Waals surface area contributed by atoms with E-state index in [4.69, 9.17) is 4.74 Å². The maximum Gasteiger partial charge on any atom is 0.315 e. The molecular formula is C15H22N2O3. The van der Waals surface area contributed by atoms with Gasteiger partial charge in [0.05, 0.1) is 18.2 Å². The average molecular weight is 278 g/mol. The second-order valence-corrected chi connectivity index (χ2v) is 5.37. The zero-order valence-corrected chi connectivity index (χ0v) is 11.8. The number of aliphatic hydroxyl groups excluding tert-OH is 1. The van der Waals surface area contributed by atoms with Crippen molar-refractivity contribution >= 4 is 6.03 Å². The fourth-order valence-corrected chi connectivity index (χ4v) is 2.37. The van der Waals surface area contributed by atoms with Gasteiger partial charge in [-0.05, 0) is 25.3 Å². The summed E-state index contributed by atoms with van der Waals surface area (Å²) in [5.74, 6) is 0. The van der Waals surface area contributed by atoms with Crippen molar-refractivity contribution in [2.75, 3.05) is 19.8 Å².